The number of rotatable bonds is 18. The van der Waals surface area contributed by atoms with E-state index in [2.05, 4.69) is 65.7 Å². The lowest BCUT2D eigenvalue weighted by molar-refractivity contribution is 0.157. The van der Waals surface area contributed by atoms with Crippen LogP contribution in [0.3, 0.4) is 0 Å². The molecule has 0 aliphatic carbocycles. The molecular formula is C33H51FN6O3. The Balaban J connectivity index is 2.42. The van der Waals surface area contributed by atoms with E-state index in [9.17, 15) is 5.11 Å². The minimum Gasteiger partial charge on any atom is -0.462 e. The number of nitrogens with zero attached hydrogens (tertiary/aromatic N) is 5. The summed E-state index contributed by atoms with van der Waals surface area (Å²) in [6, 6.07) is 2.28. The van der Waals surface area contributed by atoms with Gasteiger partial charge in [-0.3, -0.25) is 9.67 Å². The first kappa shape index (κ1) is 36.0. The Labute approximate surface area is 256 Å². The number of amidine groups is 1. The van der Waals surface area contributed by atoms with Crippen molar-refractivity contribution in [2.45, 2.75) is 98.3 Å². The first-order chi connectivity index (χ1) is 20.6. The number of aliphatic hydroxyl groups is 1. The van der Waals surface area contributed by atoms with Gasteiger partial charge in [-0.15, -0.1) is 0 Å². The zero-order valence-corrected chi connectivity index (χ0v) is 27.1. The molecule has 2 rings (SSSR count). The number of hydrogen-bond donors (Lipinski definition) is 2. The van der Waals surface area contributed by atoms with E-state index >= 15 is 4.39 Å². The number of methoxy groups -OCH3 is 1. The van der Waals surface area contributed by atoms with Crippen LogP contribution in [-0.4, -0.2) is 71.5 Å². The van der Waals surface area contributed by atoms with Gasteiger partial charge >= 0.3 is 6.02 Å². The average Bonchev–Trinajstić information content (AvgIpc) is 3.37. The maximum absolute atomic E-state index is 15.1. The van der Waals surface area contributed by atoms with Gasteiger partial charge in [0.1, 0.15) is 24.9 Å². The monoisotopic (exact) mass is 598 g/mol. The Morgan fingerprint density at radius 2 is 2.05 bits per heavy atom. The van der Waals surface area contributed by atoms with E-state index < -0.39 is 5.83 Å². The molecule has 2 N–H and O–H groups in total. The fraction of sp³-hybridized carbons (Fsp3) is 0.576. The molecular weight excluding hydrogens is 547 g/mol. The molecule has 1 aromatic heterocycles. The van der Waals surface area contributed by atoms with Crippen LogP contribution in [0.25, 0.3) is 10.9 Å². The second-order valence-corrected chi connectivity index (χ2v) is 11.3. The summed E-state index contributed by atoms with van der Waals surface area (Å²) < 4.78 is 27.9. The highest BCUT2D eigenvalue weighted by atomic mass is 19.1. The van der Waals surface area contributed by atoms with E-state index in [1.807, 2.05) is 18.5 Å². The van der Waals surface area contributed by atoms with E-state index in [-0.39, 0.29) is 30.1 Å². The van der Waals surface area contributed by atoms with Gasteiger partial charge in [0, 0.05) is 42.6 Å². The smallest absolute Gasteiger partial charge is 0.313 e. The average molecular weight is 599 g/mol. The van der Waals surface area contributed by atoms with E-state index in [1.165, 1.54) is 12.4 Å². The number of aryl methyl sites for hydroxylation is 2. The highest BCUT2D eigenvalue weighted by Gasteiger charge is 2.21. The van der Waals surface area contributed by atoms with Crippen LogP contribution in [0.5, 0.6) is 0 Å². The maximum Gasteiger partial charge on any atom is 0.313 e. The molecule has 1 unspecified atom stereocenters. The number of ether oxygens (including phenoxy) is 2. The number of aromatic nitrogens is 2. The van der Waals surface area contributed by atoms with Crippen LogP contribution in [0.2, 0.25) is 0 Å². The van der Waals surface area contributed by atoms with Crippen molar-refractivity contribution < 1.29 is 19.0 Å². The van der Waals surface area contributed by atoms with Crippen molar-refractivity contribution in [2.75, 3.05) is 27.0 Å². The number of hydrogen-bond acceptors (Lipinski definition) is 7. The number of benzene rings is 1. The molecule has 10 heteroatoms. The quantitative estimate of drug-likeness (QED) is 0.151. The fourth-order valence-electron chi connectivity index (χ4n) is 4.63. The van der Waals surface area contributed by atoms with Crippen LogP contribution >= 0.6 is 0 Å². The Hall–Kier alpha value is -3.21. The number of allylic oxidation sites excluding steroid dienone is 2. The zero-order chi connectivity index (χ0) is 31.8. The van der Waals surface area contributed by atoms with Gasteiger partial charge in [0.05, 0.1) is 17.8 Å². The second-order valence-electron chi connectivity index (χ2n) is 11.3. The van der Waals surface area contributed by atoms with Gasteiger partial charge in [-0.25, -0.2) is 14.4 Å². The van der Waals surface area contributed by atoms with Crippen LogP contribution < -0.4 is 5.32 Å². The Morgan fingerprint density at radius 3 is 2.70 bits per heavy atom. The van der Waals surface area contributed by atoms with Gasteiger partial charge < -0.3 is 19.9 Å². The highest BCUT2D eigenvalue weighted by molar-refractivity contribution is 6.19. The summed E-state index contributed by atoms with van der Waals surface area (Å²) in [6.07, 6.45) is 10.8. The van der Waals surface area contributed by atoms with Gasteiger partial charge in [0.25, 0.3) is 0 Å². The molecule has 0 aliphatic rings. The molecule has 0 saturated heterocycles. The molecule has 0 saturated carbocycles. The second kappa shape index (κ2) is 18.5. The molecule has 1 atom stereocenters. The third-order valence-corrected chi connectivity index (χ3v) is 6.95. The van der Waals surface area contributed by atoms with Crippen molar-refractivity contribution in [3.05, 3.63) is 53.6 Å². The van der Waals surface area contributed by atoms with Crippen molar-refractivity contribution in [2.24, 2.45) is 15.0 Å². The van der Waals surface area contributed by atoms with Crippen molar-refractivity contribution in [3.8, 4) is 0 Å². The van der Waals surface area contributed by atoms with Crippen molar-refractivity contribution in [1.29, 1.82) is 0 Å². The minimum atomic E-state index is -0.640. The molecule has 1 heterocycles. The SMILES string of the molecule is C=C(F)C(=N/C=C/C=N\C(=N/COC)OCC(C)(C)NCCC)c1c(CCCC(O)CC)c(C)cc2c1cnn2CCC. The first-order valence-corrected chi connectivity index (χ1v) is 15.3. The van der Waals surface area contributed by atoms with Gasteiger partial charge in [0.2, 0.25) is 0 Å². The van der Waals surface area contributed by atoms with E-state index in [1.54, 1.807) is 19.4 Å². The first-order valence-electron chi connectivity index (χ1n) is 15.3. The molecule has 1 aromatic carbocycles. The molecule has 0 spiro atoms. The van der Waals surface area contributed by atoms with E-state index in [0.717, 1.165) is 54.4 Å². The predicted molar refractivity (Wildman–Crippen MR) is 176 cm³/mol. The summed E-state index contributed by atoms with van der Waals surface area (Å²) in [5.74, 6) is -0.640. The third kappa shape index (κ3) is 11.4. The Morgan fingerprint density at radius 1 is 1.28 bits per heavy atom. The summed E-state index contributed by atoms with van der Waals surface area (Å²) in [5.41, 5.74) is 3.51. The zero-order valence-electron chi connectivity index (χ0n) is 27.1. The number of aliphatic hydroxyl groups excluding tert-OH is 1. The highest BCUT2D eigenvalue weighted by Crippen LogP contribution is 2.30. The maximum atomic E-state index is 15.1. The topological polar surface area (TPSA) is 106 Å². The van der Waals surface area contributed by atoms with Crippen LogP contribution in [0.1, 0.15) is 83.4 Å². The summed E-state index contributed by atoms with van der Waals surface area (Å²) >= 11 is 0. The van der Waals surface area contributed by atoms with Crippen molar-refractivity contribution in [1.82, 2.24) is 15.1 Å². The van der Waals surface area contributed by atoms with Crippen LogP contribution in [0.4, 0.5) is 4.39 Å². The molecule has 2 aromatic rings. The number of nitrogens with one attached hydrogen (secondary N) is 1. The fourth-order valence-corrected chi connectivity index (χ4v) is 4.63. The Kier molecular flexibility index (Phi) is 15.4. The van der Waals surface area contributed by atoms with E-state index in [0.29, 0.717) is 31.4 Å². The minimum absolute atomic E-state index is 0.107. The standard InChI is InChI=1S/C33H51FN6O3/c1-9-16-38-33(6,7)22-43-32(37-23-42-8)36-18-13-17-35-31(25(5)34)30-27(15-12-14-26(41)11-3)24(4)20-29-28(30)21-39-40(29)19-10-2/h13,17-18,20-21,26,38,41H,5,9-12,14-16,19,22-23H2,1-4,6-8H3/b17-13+,35-31?,36-18-,37-32+. The molecule has 0 fully saturated rings. The van der Waals surface area contributed by atoms with Crippen molar-refractivity contribution in [3.63, 3.8) is 0 Å². The van der Waals surface area contributed by atoms with Gasteiger partial charge in [0.15, 0.2) is 0 Å². The third-order valence-electron chi connectivity index (χ3n) is 6.95. The summed E-state index contributed by atoms with van der Waals surface area (Å²) in [5, 5.41) is 18.9. The summed E-state index contributed by atoms with van der Waals surface area (Å²) in [4.78, 5) is 13.1. The van der Waals surface area contributed by atoms with Crippen molar-refractivity contribution >= 4 is 28.9 Å². The number of aliphatic imine (C=N–C) groups is 3. The van der Waals surface area contributed by atoms with Gasteiger partial charge in [-0.05, 0) is 89.1 Å². The molecule has 238 valence electrons. The van der Waals surface area contributed by atoms with E-state index in [4.69, 9.17) is 9.47 Å². The molecule has 0 aliphatic heterocycles. The molecule has 0 bridgehead atoms. The molecule has 0 amide bonds. The lowest BCUT2D eigenvalue weighted by Gasteiger charge is -2.25. The summed E-state index contributed by atoms with van der Waals surface area (Å²) in [6.45, 7) is 18.0. The lowest BCUT2D eigenvalue weighted by atomic mass is 9.90. The molecule has 43 heavy (non-hydrogen) atoms. The largest absolute Gasteiger partial charge is 0.462 e. The summed E-state index contributed by atoms with van der Waals surface area (Å²) in [7, 11) is 1.55. The lowest BCUT2D eigenvalue weighted by Crippen LogP contribution is -2.44. The Bertz CT molecular complexity index is 1300. The molecule has 0 radical (unpaired) electrons. The molecule has 9 nitrogen and oxygen atoms in total. The van der Waals surface area contributed by atoms with Gasteiger partial charge in [-0.1, -0.05) is 27.4 Å². The van der Waals surface area contributed by atoms with Crippen LogP contribution in [0, 0.1) is 6.92 Å². The van der Waals surface area contributed by atoms with Crippen LogP contribution in [0.15, 0.2) is 51.9 Å². The number of halogens is 1. The van der Waals surface area contributed by atoms with Gasteiger partial charge in [-0.2, -0.15) is 5.10 Å². The normalized spacial score (nSPS) is 14.0. The number of fused-ring (bicyclic) bond motifs is 1. The predicted octanol–water partition coefficient (Wildman–Crippen LogP) is 6.46. The van der Waals surface area contributed by atoms with Crippen LogP contribution in [-0.2, 0) is 22.4 Å².